The van der Waals surface area contributed by atoms with E-state index in [1.165, 1.54) is 0 Å². The molecule has 2 aromatic carbocycles. The highest BCUT2D eigenvalue weighted by Crippen LogP contribution is 2.31. The lowest BCUT2D eigenvalue weighted by molar-refractivity contribution is 0.243. The molecule has 0 aliphatic heterocycles. The van der Waals surface area contributed by atoms with Gasteiger partial charge in [0.05, 0.1) is 11.6 Å². The molecule has 2 aromatic heterocycles. The SMILES string of the molecule is CC(C)Oc1ccc2nc(-c3cc4ccccc4o3)nc(NCCCN(C)C)c2c1. The summed E-state index contributed by atoms with van der Waals surface area (Å²) in [5, 5.41) is 5.47. The zero-order valence-corrected chi connectivity index (χ0v) is 18.0. The first-order valence-corrected chi connectivity index (χ1v) is 10.4. The molecule has 4 aromatic rings. The van der Waals surface area contributed by atoms with Crippen LogP contribution in [0.2, 0.25) is 0 Å². The number of furan rings is 1. The van der Waals surface area contributed by atoms with Crippen molar-refractivity contribution in [3.8, 4) is 17.3 Å². The number of nitrogens with zero attached hydrogens (tertiary/aromatic N) is 3. The number of hydrogen-bond donors (Lipinski definition) is 1. The molecule has 0 fully saturated rings. The van der Waals surface area contributed by atoms with Crippen molar-refractivity contribution in [3.05, 3.63) is 48.5 Å². The maximum atomic E-state index is 6.01. The van der Waals surface area contributed by atoms with E-state index in [4.69, 9.17) is 19.1 Å². The van der Waals surface area contributed by atoms with Crippen LogP contribution in [0.25, 0.3) is 33.5 Å². The molecule has 30 heavy (non-hydrogen) atoms. The lowest BCUT2D eigenvalue weighted by atomic mass is 10.2. The molecule has 0 saturated carbocycles. The molecule has 0 atom stereocenters. The van der Waals surface area contributed by atoms with Gasteiger partial charge in [-0.3, -0.25) is 0 Å². The summed E-state index contributed by atoms with van der Waals surface area (Å²) in [7, 11) is 4.16. The average molecular weight is 405 g/mol. The molecule has 6 nitrogen and oxygen atoms in total. The molecule has 4 rings (SSSR count). The van der Waals surface area contributed by atoms with Gasteiger partial charge in [0.1, 0.15) is 17.2 Å². The number of para-hydroxylation sites is 1. The highest BCUT2D eigenvalue weighted by atomic mass is 16.5. The molecule has 0 aliphatic carbocycles. The number of fused-ring (bicyclic) bond motifs is 2. The maximum absolute atomic E-state index is 6.01. The van der Waals surface area contributed by atoms with Crippen molar-refractivity contribution in [2.45, 2.75) is 26.4 Å². The Labute approximate surface area is 176 Å². The summed E-state index contributed by atoms with van der Waals surface area (Å²) >= 11 is 0. The van der Waals surface area contributed by atoms with Crippen LogP contribution in [0.15, 0.2) is 52.9 Å². The van der Waals surface area contributed by atoms with Crippen LogP contribution in [-0.4, -0.2) is 48.2 Å². The number of rotatable bonds is 8. The van der Waals surface area contributed by atoms with E-state index in [-0.39, 0.29) is 6.10 Å². The lowest BCUT2D eigenvalue weighted by Crippen LogP contribution is -2.17. The molecule has 0 saturated heterocycles. The number of nitrogens with one attached hydrogen (secondary N) is 1. The number of aromatic nitrogens is 2. The van der Waals surface area contributed by atoms with Crippen molar-refractivity contribution >= 4 is 27.7 Å². The number of hydrogen-bond acceptors (Lipinski definition) is 6. The summed E-state index contributed by atoms with van der Waals surface area (Å²) in [6.45, 7) is 5.87. The average Bonchev–Trinajstić information content (AvgIpc) is 3.15. The van der Waals surface area contributed by atoms with Crippen LogP contribution >= 0.6 is 0 Å². The molecular formula is C24H28N4O2. The highest BCUT2D eigenvalue weighted by molar-refractivity contribution is 5.92. The first-order valence-electron chi connectivity index (χ1n) is 10.4. The quantitative estimate of drug-likeness (QED) is 0.408. The molecule has 0 aliphatic rings. The molecule has 2 heterocycles. The van der Waals surface area contributed by atoms with Gasteiger partial charge in [0.2, 0.25) is 0 Å². The van der Waals surface area contributed by atoms with Gasteiger partial charge >= 0.3 is 0 Å². The smallest absolute Gasteiger partial charge is 0.198 e. The van der Waals surface area contributed by atoms with Gasteiger partial charge in [0.15, 0.2) is 11.6 Å². The van der Waals surface area contributed by atoms with Gasteiger partial charge in [-0.1, -0.05) is 18.2 Å². The van der Waals surface area contributed by atoms with Gasteiger partial charge in [-0.15, -0.1) is 0 Å². The fourth-order valence-electron chi connectivity index (χ4n) is 3.39. The standard InChI is InChI=1S/C24H28N4O2/c1-16(2)29-18-10-11-20-19(15-18)23(25-12-7-13-28(3)4)27-24(26-20)22-14-17-8-5-6-9-21(17)30-22/h5-6,8-11,14-16H,7,12-13H2,1-4H3,(H,25,26,27). The van der Waals surface area contributed by atoms with Gasteiger partial charge in [-0.25, -0.2) is 9.97 Å². The molecule has 156 valence electrons. The summed E-state index contributed by atoms with van der Waals surface area (Å²) in [4.78, 5) is 11.8. The second kappa shape index (κ2) is 8.71. The summed E-state index contributed by atoms with van der Waals surface area (Å²) in [6, 6.07) is 15.9. The van der Waals surface area contributed by atoms with E-state index in [9.17, 15) is 0 Å². The molecule has 0 unspecified atom stereocenters. The van der Waals surface area contributed by atoms with Crippen LogP contribution in [0.1, 0.15) is 20.3 Å². The van der Waals surface area contributed by atoms with E-state index >= 15 is 0 Å². The Morgan fingerprint density at radius 2 is 1.90 bits per heavy atom. The van der Waals surface area contributed by atoms with Crippen LogP contribution in [0.4, 0.5) is 5.82 Å². The summed E-state index contributed by atoms with van der Waals surface area (Å²) in [5.74, 6) is 2.85. The van der Waals surface area contributed by atoms with Crippen molar-refractivity contribution < 1.29 is 9.15 Å². The Kier molecular flexibility index (Phi) is 5.86. The van der Waals surface area contributed by atoms with Gasteiger partial charge in [-0.05, 0) is 71.2 Å². The van der Waals surface area contributed by atoms with Crippen LogP contribution in [0, 0.1) is 0 Å². The number of benzene rings is 2. The van der Waals surface area contributed by atoms with Gasteiger partial charge in [0, 0.05) is 17.3 Å². The molecule has 0 radical (unpaired) electrons. The van der Waals surface area contributed by atoms with Crippen molar-refractivity contribution in [2.24, 2.45) is 0 Å². The van der Waals surface area contributed by atoms with E-state index < -0.39 is 0 Å². The van der Waals surface area contributed by atoms with E-state index in [0.29, 0.717) is 11.6 Å². The molecule has 6 heteroatoms. The molecule has 1 N–H and O–H groups in total. The second-order valence-corrected chi connectivity index (χ2v) is 7.97. The minimum atomic E-state index is 0.106. The fourth-order valence-corrected chi connectivity index (χ4v) is 3.39. The highest BCUT2D eigenvalue weighted by Gasteiger charge is 2.14. The van der Waals surface area contributed by atoms with E-state index in [0.717, 1.165) is 52.9 Å². The maximum Gasteiger partial charge on any atom is 0.198 e. The Balaban J connectivity index is 1.73. The summed E-state index contributed by atoms with van der Waals surface area (Å²) < 4.78 is 11.9. The molecule has 0 spiro atoms. The zero-order valence-electron chi connectivity index (χ0n) is 18.0. The number of anilines is 1. The van der Waals surface area contributed by atoms with Crippen molar-refractivity contribution in [2.75, 3.05) is 32.5 Å². The first kappa shape index (κ1) is 20.2. The lowest BCUT2D eigenvalue weighted by Gasteiger charge is -2.14. The van der Waals surface area contributed by atoms with Gasteiger partial charge in [0.25, 0.3) is 0 Å². The molecular weight excluding hydrogens is 376 g/mol. The largest absolute Gasteiger partial charge is 0.491 e. The molecule has 0 bridgehead atoms. The monoisotopic (exact) mass is 404 g/mol. The first-order chi connectivity index (χ1) is 14.5. The number of ether oxygens (including phenoxy) is 1. The van der Waals surface area contributed by atoms with Crippen molar-refractivity contribution in [1.82, 2.24) is 14.9 Å². The second-order valence-electron chi connectivity index (χ2n) is 7.97. The van der Waals surface area contributed by atoms with Crippen molar-refractivity contribution in [3.63, 3.8) is 0 Å². The van der Waals surface area contributed by atoms with Gasteiger partial charge in [-0.2, -0.15) is 0 Å². The van der Waals surface area contributed by atoms with Crippen LogP contribution in [0.3, 0.4) is 0 Å². The predicted molar refractivity (Wildman–Crippen MR) is 122 cm³/mol. The third-order valence-electron chi connectivity index (χ3n) is 4.76. The minimum Gasteiger partial charge on any atom is -0.491 e. The minimum absolute atomic E-state index is 0.106. The van der Waals surface area contributed by atoms with E-state index in [1.54, 1.807) is 0 Å². The van der Waals surface area contributed by atoms with E-state index in [2.05, 4.69) is 24.3 Å². The topological polar surface area (TPSA) is 63.4 Å². The summed E-state index contributed by atoms with van der Waals surface area (Å²) in [6.07, 6.45) is 1.12. The third-order valence-corrected chi connectivity index (χ3v) is 4.76. The van der Waals surface area contributed by atoms with Crippen LogP contribution in [-0.2, 0) is 0 Å². The van der Waals surface area contributed by atoms with Gasteiger partial charge < -0.3 is 19.4 Å². The Hall–Kier alpha value is -3.12. The fraction of sp³-hybridized carbons (Fsp3) is 0.333. The van der Waals surface area contributed by atoms with E-state index in [1.807, 2.05) is 62.4 Å². The predicted octanol–water partition coefficient (Wildman–Crippen LogP) is 5.19. The van der Waals surface area contributed by atoms with Crippen LogP contribution < -0.4 is 10.1 Å². The Morgan fingerprint density at radius 3 is 2.67 bits per heavy atom. The van der Waals surface area contributed by atoms with Crippen molar-refractivity contribution in [1.29, 1.82) is 0 Å². The normalized spacial score (nSPS) is 11.7. The third kappa shape index (κ3) is 4.54. The summed E-state index contributed by atoms with van der Waals surface area (Å²) in [5.41, 5.74) is 1.68. The Bertz CT molecular complexity index is 1120. The Morgan fingerprint density at radius 1 is 1.07 bits per heavy atom. The molecule has 0 amide bonds. The zero-order chi connectivity index (χ0) is 21.1. The van der Waals surface area contributed by atoms with Crippen LogP contribution in [0.5, 0.6) is 5.75 Å².